The van der Waals surface area contributed by atoms with Gasteiger partial charge in [-0.3, -0.25) is 4.99 Å². The molecule has 0 aromatic rings. The van der Waals surface area contributed by atoms with E-state index in [4.69, 9.17) is 4.74 Å². The fraction of sp³-hybridized carbons (Fsp3) is 0.600. The van der Waals surface area contributed by atoms with Gasteiger partial charge in [0.2, 0.25) is 0 Å². The van der Waals surface area contributed by atoms with Crippen LogP contribution in [0.25, 0.3) is 0 Å². The fourth-order valence-corrected chi connectivity index (χ4v) is 2.01. The molecule has 0 saturated heterocycles. The van der Waals surface area contributed by atoms with Crippen molar-refractivity contribution in [3.05, 3.63) is 24.3 Å². The molecule has 5 heteroatoms. The minimum Gasteiger partial charge on any atom is -0.460 e. The molecule has 0 saturated carbocycles. The summed E-state index contributed by atoms with van der Waals surface area (Å²) in [6, 6.07) is 0. The van der Waals surface area contributed by atoms with Crippen molar-refractivity contribution in [2.75, 3.05) is 27.2 Å². The number of aliphatic imine (C=N–C) groups is 1. The van der Waals surface area contributed by atoms with E-state index < -0.39 is 12.1 Å². The number of nitrogens with zero attached hydrogens (tertiary/aromatic N) is 2. The van der Waals surface area contributed by atoms with E-state index in [1.165, 1.54) is 0 Å². The Kier molecular flexibility index (Phi) is 6.10. The maximum atomic E-state index is 11.3. The first-order chi connectivity index (χ1) is 9.34. The summed E-state index contributed by atoms with van der Waals surface area (Å²) in [5, 5.41) is 10.0. The topological polar surface area (TPSA) is 62.1 Å². The second-order valence-electron chi connectivity index (χ2n) is 5.53. The van der Waals surface area contributed by atoms with E-state index in [1.54, 1.807) is 13.1 Å². The second-order valence-corrected chi connectivity index (χ2v) is 5.53. The summed E-state index contributed by atoms with van der Waals surface area (Å²) in [5.41, 5.74) is -0.0578. The van der Waals surface area contributed by atoms with Gasteiger partial charge < -0.3 is 14.7 Å². The molecule has 0 bridgehead atoms. The van der Waals surface area contributed by atoms with Crippen LogP contribution in [0.3, 0.4) is 0 Å². The number of allylic oxidation sites excluding steroid dienone is 1. The zero-order valence-electron chi connectivity index (χ0n) is 12.5. The molecule has 20 heavy (non-hydrogen) atoms. The van der Waals surface area contributed by atoms with E-state index in [2.05, 4.69) is 16.5 Å². The van der Waals surface area contributed by atoms with Crippen LogP contribution in [0.2, 0.25) is 0 Å². The average Bonchev–Trinajstić information content (AvgIpc) is 2.82. The Hall–Kier alpha value is -1.46. The molecule has 1 rings (SSSR count). The van der Waals surface area contributed by atoms with Gasteiger partial charge in [-0.2, -0.15) is 0 Å². The average molecular weight is 280 g/mol. The summed E-state index contributed by atoms with van der Waals surface area (Å²) >= 11 is 0. The van der Waals surface area contributed by atoms with Crippen LogP contribution >= 0.6 is 0 Å². The Bertz CT molecular complexity index is 401. The lowest BCUT2D eigenvalue weighted by Crippen LogP contribution is -2.34. The van der Waals surface area contributed by atoms with E-state index in [1.807, 2.05) is 26.2 Å². The van der Waals surface area contributed by atoms with Gasteiger partial charge in [0.05, 0.1) is 11.6 Å². The van der Waals surface area contributed by atoms with Crippen LogP contribution in [-0.4, -0.2) is 61.1 Å². The maximum Gasteiger partial charge on any atom is 0.333 e. The highest BCUT2D eigenvalue weighted by atomic mass is 16.5. The standard InChI is InChI=1S/C15H24N2O3/c1-12(2)14(19)20-11-13(18)10-15(6-5-8-16-15)7-9-17(3)4/h5-6,8,13,18H,1,7,9-11H2,2-4H3. The van der Waals surface area contributed by atoms with Crippen molar-refractivity contribution in [3.8, 4) is 0 Å². The van der Waals surface area contributed by atoms with Crippen molar-refractivity contribution in [2.24, 2.45) is 4.99 Å². The molecule has 0 aromatic carbocycles. The van der Waals surface area contributed by atoms with Crippen molar-refractivity contribution in [3.63, 3.8) is 0 Å². The number of carbonyl (C=O) groups is 1. The minimum atomic E-state index is -0.736. The number of hydrogen-bond donors (Lipinski definition) is 1. The number of aliphatic hydroxyl groups is 1. The Labute approximate surface area is 120 Å². The SMILES string of the molecule is C=C(C)C(=O)OCC(O)CC1(CCN(C)C)C=CC=N1. The van der Waals surface area contributed by atoms with Crippen LogP contribution in [-0.2, 0) is 9.53 Å². The maximum absolute atomic E-state index is 11.3. The van der Waals surface area contributed by atoms with Gasteiger partial charge >= 0.3 is 5.97 Å². The van der Waals surface area contributed by atoms with Crippen molar-refractivity contribution < 1.29 is 14.6 Å². The Balaban J connectivity index is 2.49. The van der Waals surface area contributed by atoms with Gasteiger partial charge in [0.25, 0.3) is 0 Å². The van der Waals surface area contributed by atoms with Crippen LogP contribution in [0.5, 0.6) is 0 Å². The first-order valence-electron chi connectivity index (χ1n) is 6.73. The summed E-state index contributed by atoms with van der Waals surface area (Å²) in [6.45, 7) is 5.93. The van der Waals surface area contributed by atoms with E-state index in [0.29, 0.717) is 12.0 Å². The third-order valence-corrected chi connectivity index (χ3v) is 3.16. The molecule has 5 nitrogen and oxygen atoms in total. The molecular weight excluding hydrogens is 256 g/mol. The van der Waals surface area contributed by atoms with Gasteiger partial charge in [-0.25, -0.2) is 4.79 Å². The highest BCUT2D eigenvalue weighted by molar-refractivity contribution is 5.86. The number of rotatable bonds is 8. The first-order valence-corrected chi connectivity index (χ1v) is 6.73. The van der Waals surface area contributed by atoms with Crippen molar-refractivity contribution in [1.29, 1.82) is 0 Å². The summed E-state index contributed by atoms with van der Waals surface area (Å²) in [6.07, 6.45) is 6.17. The Morgan fingerprint density at radius 2 is 2.25 bits per heavy atom. The van der Waals surface area contributed by atoms with Crippen LogP contribution in [0.4, 0.5) is 0 Å². The quantitative estimate of drug-likeness (QED) is 0.536. The molecule has 0 amide bonds. The van der Waals surface area contributed by atoms with Gasteiger partial charge in [-0.1, -0.05) is 12.7 Å². The number of carbonyl (C=O) groups excluding carboxylic acids is 1. The van der Waals surface area contributed by atoms with Gasteiger partial charge in [-0.05, 0) is 33.5 Å². The summed E-state index contributed by atoms with van der Waals surface area (Å²) in [7, 11) is 4.00. The van der Waals surface area contributed by atoms with Gasteiger partial charge in [0.1, 0.15) is 6.61 Å². The molecule has 2 atom stereocenters. The second kappa shape index (κ2) is 7.36. The largest absolute Gasteiger partial charge is 0.460 e. The molecule has 0 fully saturated rings. The zero-order chi connectivity index (χ0) is 15.2. The number of aliphatic hydroxyl groups excluding tert-OH is 1. The molecular formula is C15H24N2O3. The zero-order valence-corrected chi connectivity index (χ0v) is 12.5. The lowest BCUT2D eigenvalue weighted by molar-refractivity contribution is -0.142. The molecule has 0 radical (unpaired) electrons. The minimum absolute atomic E-state index is 0.0290. The van der Waals surface area contributed by atoms with E-state index in [-0.39, 0.29) is 12.1 Å². The van der Waals surface area contributed by atoms with Crippen LogP contribution in [0, 0.1) is 0 Å². The van der Waals surface area contributed by atoms with Gasteiger partial charge in [-0.15, -0.1) is 0 Å². The van der Waals surface area contributed by atoms with E-state index in [0.717, 1.165) is 13.0 Å². The molecule has 0 aromatic heterocycles. The van der Waals surface area contributed by atoms with E-state index in [9.17, 15) is 9.90 Å². The van der Waals surface area contributed by atoms with Crippen LogP contribution in [0.15, 0.2) is 29.3 Å². The molecule has 1 aliphatic heterocycles. The smallest absolute Gasteiger partial charge is 0.333 e. The Morgan fingerprint density at radius 3 is 2.75 bits per heavy atom. The number of ether oxygens (including phenoxy) is 1. The lowest BCUT2D eigenvalue weighted by atomic mass is 9.89. The summed E-state index contributed by atoms with van der Waals surface area (Å²) in [4.78, 5) is 17.8. The van der Waals surface area contributed by atoms with Crippen molar-refractivity contribution >= 4 is 12.2 Å². The summed E-state index contributed by atoms with van der Waals surface area (Å²) in [5.74, 6) is -0.475. The van der Waals surface area contributed by atoms with Crippen molar-refractivity contribution in [2.45, 2.75) is 31.4 Å². The van der Waals surface area contributed by atoms with Gasteiger partial charge in [0.15, 0.2) is 0 Å². The summed E-state index contributed by atoms with van der Waals surface area (Å²) < 4.78 is 4.97. The predicted octanol–water partition coefficient (Wildman–Crippen LogP) is 1.19. The highest BCUT2D eigenvalue weighted by Crippen LogP contribution is 2.27. The molecule has 1 N–H and O–H groups in total. The predicted molar refractivity (Wildman–Crippen MR) is 79.9 cm³/mol. The third-order valence-electron chi connectivity index (χ3n) is 3.16. The van der Waals surface area contributed by atoms with E-state index >= 15 is 0 Å². The normalized spacial score (nSPS) is 22.2. The Morgan fingerprint density at radius 1 is 1.55 bits per heavy atom. The first kappa shape index (κ1) is 16.6. The number of esters is 1. The van der Waals surface area contributed by atoms with Gasteiger partial charge in [0, 0.05) is 24.8 Å². The van der Waals surface area contributed by atoms with Crippen molar-refractivity contribution in [1.82, 2.24) is 4.90 Å². The molecule has 1 heterocycles. The molecule has 2 unspecified atom stereocenters. The van der Waals surface area contributed by atoms with Crippen LogP contribution in [0.1, 0.15) is 19.8 Å². The molecule has 0 aliphatic carbocycles. The third kappa shape index (κ3) is 5.27. The van der Waals surface area contributed by atoms with Crippen LogP contribution < -0.4 is 0 Å². The monoisotopic (exact) mass is 280 g/mol. The number of hydrogen-bond acceptors (Lipinski definition) is 5. The highest BCUT2D eigenvalue weighted by Gasteiger charge is 2.31. The lowest BCUT2D eigenvalue weighted by Gasteiger charge is -2.28. The molecule has 1 aliphatic rings. The molecule has 0 spiro atoms. The fourth-order valence-electron chi connectivity index (χ4n) is 2.01. The molecule has 112 valence electrons.